The molecule has 0 fully saturated rings. The van der Waals surface area contributed by atoms with Crippen molar-refractivity contribution in [2.45, 2.75) is 18.7 Å². The number of hydrogen-bond acceptors (Lipinski definition) is 4. The van der Waals surface area contributed by atoms with Gasteiger partial charge in [-0.05, 0) is 37.1 Å². The number of benzene rings is 2. The van der Waals surface area contributed by atoms with Crippen LogP contribution in [0.25, 0.3) is 0 Å². The van der Waals surface area contributed by atoms with Crippen LogP contribution in [0.2, 0.25) is 0 Å². The van der Waals surface area contributed by atoms with Gasteiger partial charge in [0.05, 0.1) is 18.5 Å². The summed E-state index contributed by atoms with van der Waals surface area (Å²) in [7, 11) is -2.25. The molecule has 0 saturated carbocycles. The molecule has 2 aromatic carbocycles. The van der Waals surface area contributed by atoms with Crippen LogP contribution >= 0.6 is 0 Å². The van der Waals surface area contributed by atoms with E-state index in [4.69, 9.17) is 10.5 Å². The molecule has 2 aromatic rings. The molecule has 0 saturated heterocycles. The maximum absolute atomic E-state index is 12.5. The van der Waals surface area contributed by atoms with E-state index in [1.165, 1.54) is 19.2 Å². The number of methoxy groups -OCH3 is 1. The highest BCUT2D eigenvalue weighted by Crippen LogP contribution is 2.28. The fourth-order valence-electron chi connectivity index (χ4n) is 2.06. The molecule has 0 unspecified atom stereocenters. The highest BCUT2D eigenvalue weighted by molar-refractivity contribution is 7.92. The van der Waals surface area contributed by atoms with Gasteiger partial charge in [0.25, 0.3) is 10.0 Å². The zero-order valence-electron chi connectivity index (χ0n) is 12.2. The second-order valence-electron chi connectivity index (χ2n) is 4.78. The summed E-state index contributed by atoms with van der Waals surface area (Å²) in [6, 6.07) is 10.1. The Labute approximate surface area is 124 Å². The molecule has 5 nitrogen and oxygen atoms in total. The molecule has 6 heteroatoms. The second kappa shape index (κ2) is 5.65. The quantitative estimate of drug-likeness (QED) is 0.851. The van der Waals surface area contributed by atoms with E-state index in [2.05, 4.69) is 4.72 Å². The van der Waals surface area contributed by atoms with Crippen LogP contribution in [0.4, 0.5) is 11.4 Å². The van der Waals surface area contributed by atoms with Crippen molar-refractivity contribution in [1.29, 1.82) is 0 Å². The summed E-state index contributed by atoms with van der Waals surface area (Å²) in [6.45, 7) is 3.70. The average Bonchev–Trinajstić information content (AvgIpc) is 2.42. The van der Waals surface area contributed by atoms with Gasteiger partial charge in [0.1, 0.15) is 10.6 Å². The number of hydrogen-bond donors (Lipinski definition) is 2. The zero-order chi connectivity index (χ0) is 15.6. The molecule has 112 valence electrons. The number of nitrogen functional groups attached to an aromatic ring is 1. The number of nitrogens with two attached hydrogens (primary N) is 1. The lowest BCUT2D eigenvalue weighted by Crippen LogP contribution is -2.16. The van der Waals surface area contributed by atoms with E-state index in [0.29, 0.717) is 11.4 Å². The van der Waals surface area contributed by atoms with Crippen LogP contribution in [0.15, 0.2) is 41.3 Å². The molecule has 2 rings (SSSR count). The van der Waals surface area contributed by atoms with Crippen molar-refractivity contribution in [2.75, 3.05) is 17.6 Å². The van der Waals surface area contributed by atoms with E-state index in [1.54, 1.807) is 6.07 Å². The summed E-state index contributed by atoms with van der Waals surface area (Å²) in [5, 5.41) is 0. The Bertz CT molecular complexity index is 750. The number of anilines is 2. The maximum Gasteiger partial charge on any atom is 0.263 e. The van der Waals surface area contributed by atoms with Crippen LogP contribution in [-0.2, 0) is 10.0 Å². The van der Waals surface area contributed by atoms with Gasteiger partial charge in [0.15, 0.2) is 0 Å². The lowest BCUT2D eigenvalue weighted by atomic mass is 10.1. The SMILES string of the molecule is COc1ccc(S(=O)(=O)Nc2c(C)cccc2C)c(N)c1. The fraction of sp³-hybridized carbons (Fsp3) is 0.200. The number of ether oxygens (including phenoxy) is 1. The molecule has 0 atom stereocenters. The minimum atomic E-state index is -3.74. The van der Waals surface area contributed by atoms with E-state index >= 15 is 0 Å². The molecule has 0 amide bonds. The summed E-state index contributed by atoms with van der Waals surface area (Å²) in [4.78, 5) is 0.0333. The summed E-state index contributed by atoms with van der Waals surface area (Å²) >= 11 is 0. The Morgan fingerprint density at radius 3 is 2.24 bits per heavy atom. The van der Waals surface area contributed by atoms with Crippen molar-refractivity contribution in [2.24, 2.45) is 0 Å². The van der Waals surface area contributed by atoms with Crippen LogP contribution in [-0.4, -0.2) is 15.5 Å². The monoisotopic (exact) mass is 306 g/mol. The Hall–Kier alpha value is -2.21. The molecule has 0 heterocycles. The predicted molar refractivity (Wildman–Crippen MR) is 84.1 cm³/mol. The van der Waals surface area contributed by atoms with Crippen LogP contribution in [0, 0.1) is 13.8 Å². The van der Waals surface area contributed by atoms with Gasteiger partial charge in [-0.3, -0.25) is 4.72 Å². The lowest BCUT2D eigenvalue weighted by Gasteiger charge is -2.14. The number of aryl methyl sites for hydroxylation is 2. The first kappa shape index (κ1) is 15.2. The van der Waals surface area contributed by atoms with Gasteiger partial charge in [0.2, 0.25) is 0 Å². The number of nitrogens with one attached hydrogen (secondary N) is 1. The Morgan fingerprint density at radius 2 is 1.71 bits per heavy atom. The standard InChI is InChI=1S/C15H18N2O3S/c1-10-5-4-6-11(2)15(10)17-21(18,19)14-8-7-12(20-3)9-13(14)16/h4-9,17H,16H2,1-3H3. The molecule has 0 radical (unpaired) electrons. The van der Waals surface area contributed by atoms with Crippen LogP contribution in [0.1, 0.15) is 11.1 Å². The van der Waals surface area contributed by atoms with Gasteiger partial charge in [-0.2, -0.15) is 0 Å². The van der Waals surface area contributed by atoms with E-state index in [9.17, 15) is 8.42 Å². The smallest absolute Gasteiger partial charge is 0.263 e. The van der Waals surface area contributed by atoms with Crippen LogP contribution in [0.3, 0.4) is 0 Å². The van der Waals surface area contributed by atoms with Crippen molar-refractivity contribution in [3.05, 3.63) is 47.5 Å². The molecule has 0 spiro atoms. The highest BCUT2D eigenvalue weighted by atomic mass is 32.2. The third-order valence-corrected chi connectivity index (χ3v) is 4.65. The first-order valence-electron chi connectivity index (χ1n) is 6.37. The van der Waals surface area contributed by atoms with Crippen molar-refractivity contribution >= 4 is 21.4 Å². The molecule has 0 bridgehead atoms. The molecule has 0 aliphatic carbocycles. The molecular formula is C15H18N2O3S. The lowest BCUT2D eigenvalue weighted by molar-refractivity contribution is 0.414. The Balaban J connectivity index is 2.44. The average molecular weight is 306 g/mol. The predicted octanol–water partition coefficient (Wildman–Crippen LogP) is 2.70. The van der Waals surface area contributed by atoms with E-state index < -0.39 is 10.0 Å². The molecule has 21 heavy (non-hydrogen) atoms. The second-order valence-corrected chi connectivity index (χ2v) is 6.43. The van der Waals surface area contributed by atoms with Gasteiger partial charge in [-0.1, -0.05) is 18.2 Å². The number of rotatable bonds is 4. The zero-order valence-corrected chi connectivity index (χ0v) is 13.0. The number of sulfonamides is 1. The van der Waals surface area contributed by atoms with E-state index in [1.807, 2.05) is 32.0 Å². The third-order valence-electron chi connectivity index (χ3n) is 3.22. The molecular weight excluding hydrogens is 288 g/mol. The molecule has 0 aliphatic rings. The van der Waals surface area contributed by atoms with Crippen LogP contribution in [0.5, 0.6) is 5.75 Å². The van der Waals surface area contributed by atoms with Crippen molar-refractivity contribution in [3.8, 4) is 5.75 Å². The molecule has 0 aliphatic heterocycles. The molecule has 3 N–H and O–H groups in total. The summed E-state index contributed by atoms with van der Waals surface area (Å²) in [5.74, 6) is 0.513. The van der Waals surface area contributed by atoms with Crippen molar-refractivity contribution in [1.82, 2.24) is 0 Å². The summed E-state index contributed by atoms with van der Waals surface area (Å²) < 4.78 is 32.6. The van der Waals surface area contributed by atoms with Crippen LogP contribution < -0.4 is 15.2 Å². The fourth-order valence-corrected chi connectivity index (χ4v) is 3.38. The van der Waals surface area contributed by atoms with Gasteiger partial charge >= 0.3 is 0 Å². The Morgan fingerprint density at radius 1 is 1.10 bits per heavy atom. The Kier molecular flexibility index (Phi) is 4.09. The summed E-state index contributed by atoms with van der Waals surface area (Å²) in [6.07, 6.45) is 0. The van der Waals surface area contributed by atoms with Gasteiger partial charge in [-0.25, -0.2) is 8.42 Å². The first-order chi connectivity index (χ1) is 9.85. The van der Waals surface area contributed by atoms with Crippen molar-refractivity contribution in [3.63, 3.8) is 0 Å². The van der Waals surface area contributed by atoms with Gasteiger partial charge in [-0.15, -0.1) is 0 Å². The van der Waals surface area contributed by atoms with E-state index in [-0.39, 0.29) is 10.6 Å². The van der Waals surface area contributed by atoms with E-state index in [0.717, 1.165) is 11.1 Å². The largest absolute Gasteiger partial charge is 0.497 e. The molecule has 0 aromatic heterocycles. The highest BCUT2D eigenvalue weighted by Gasteiger charge is 2.19. The maximum atomic E-state index is 12.5. The normalized spacial score (nSPS) is 11.2. The topological polar surface area (TPSA) is 81.4 Å². The van der Waals surface area contributed by atoms with Gasteiger partial charge in [0, 0.05) is 6.07 Å². The number of para-hydroxylation sites is 1. The summed E-state index contributed by atoms with van der Waals surface area (Å²) in [5.41, 5.74) is 8.24. The van der Waals surface area contributed by atoms with Crippen molar-refractivity contribution < 1.29 is 13.2 Å². The minimum Gasteiger partial charge on any atom is -0.497 e. The first-order valence-corrected chi connectivity index (χ1v) is 7.86. The van der Waals surface area contributed by atoms with Gasteiger partial charge < -0.3 is 10.5 Å². The minimum absolute atomic E-state index is 0.0333. The third kappa shape index (κ3) is 3.11.